The average molecular weight is 394 g/mol. The van der Waals surface area contributed by atoms with E-state index in [1.54, 1.807) is 30.3 Å². The third-order valence-corrected chi connectivity index (χ3v) is 4.65. The van der Waals surface area contributed by atoms with Crippen molar-refractivity contribution in [2.24, 2.45) is 0 Å². The summed E-state index contributed by atoms with van der Waals surface area (Å²) in [6.45, 7) is 2.69. The molecule has 0 spiro atoms. The fourth-order valence-electron chi connectivity index (χ4n) is 2.82. The monoisotopic (exact) mass is 393 g/mol. The molecule has 4 nitrogen and oxygen atoms in total. The second-order valence-corrected chi connectivity index (χ2v) is 6.63. The molecule has 1 aliphatic rings. The lowest BCUT2D eigenvalue weighted by molar-refractivity contribution is -0.0329. The minimum atomic E-state index is -0.923. The van der Waals surface area contributed by atoms with Crippen LogP contribution in [0, 0.1) is 5.82 Å². The maximum absolute atomic E-state index is 13.4. The van der Waals surface area contributed by atoms with Gasteiger partial charge < -0.3 is 9.84 Å². The van der Waals surface area contributed by atoms with Crippen LogP contribution < -0.4 is 0 Å². The lowest BCUT2D eigenvalue weighted by atomic mass is 10.1. The van der Waals surface area contributed by atoms with Crippen LogP contribution in [-0.4, -0.2) is 35.7 Å². The molecule has 1 atom stereocenters. The van der Waals surface area contributed by atoms with Crippen molar-refractivity contribution in [3.63, 3.8) is 0 Å². The Labute approximate surface area is 148 Å². The second kappa shape index (κ2) is 7.42. The van der Waals surface area contributed by atoms with E-state index in [9.17, 15) is 9.18 Å². The summed E-state index contributed by atoms with van der Waals surface area (Å²) < 4.78 is 19.6. The highest BCUT2D eigenvalue weighted by molar-refractivity contribution is 9.10. The van der Waals surface area contributed by atoms with Gasteiger partial charge in [-0.2, -0.15) is 0 Å². The van der Waals surface area contributed by atoms with Crippen molar-refractivity contribution in [3.8, 4) is 0 Å². The first-order valence-corrected chi connectivity index (χ1v) is 8.43. The molecule has 1 heterocycles. The van der Waals surface area contributed by atoms with Gasteiger partial charge in [-0.3, -0.25) is 4.90 Å². The van der Waals surface area contributed by atoms with E-state index in [0.717, 1.165) is 17.7 Å². The number of nitrogens with zero attached hydrogens (tertiary/aromatic N) is 1. The van der Waals surface area contributed by atoms with Crippen molar-refractivity contribution in [1.29, 1.82) is 0 Å². The van der Waals surface area contributed by atoms with Gasteiger partial charge in [-0.1, -0.05) is 18.2 Å². The van der Waals surface area contributed by atoms with Crippen molar-refractivity contribution < 1.29 is 19.0 Å². The molecule has 2 aromatic carbocycles. The molecule has 0 amide bonds. The number of carboxylic acids is 1. The van der Waals surface area contributed by atoms with E-state index in [4.69, 9.17) is 9.84 Å². The average Bonchev–Trinajstić information content (AvgIpc) is 2.58. The van der Waals surface area contributed by atoms with Crippen LogP contribution in [0.3, 0.4) is 0 Å². The summed E-state index contributed by atoms with van der Waals surface area (Å²) in [6, 6.07) is 11.9. The van der Waals surface area contributed by atoms with Gasteiger partial charge >= 0.3 is 5.97 Å². The Kier molecular flexibility index (Phi) is 5.28. The highest BCUT2D eigenvalue weighted by Crippen LogP contribution is 2.27. The van der Waals surface area contributed by atoms with E-state index in [1.807, 2.05) is 6.07 Å². The number of benzene rings is 2. The summed E-state index contributed by atoms with van der Waals surface area (Å²) in [5.41, 5.74) is 2.17. The summed E-state index contributed by atoms with van der Waals surface area (Å²) in [7, 11) is 0. The van der Waals surface area contributed by atoms with E-state index in [-0.39, 0.29) is 11.9 Å². The number of morpholine rings is 1. The highest BCUT2D eigenvalue weighted by atomic mass is 79.9. The highest BCUT2D eigenvalue weighted by Gasteiger charge is 2.23. The van der Waals surface area contributed by atoms with E-state index in [2.05, 4.69) is 20.8 Å². The van der Waals surface area contributed by atoms with Crippen LogP contribution in [0.15, 0.2) is 46.9 Å². The van der Waals surface area contributed by atoms with Crippen LogP contribution in [0.4, 0.5) is 4.39 Å². The van der Waals surface area contributed by atoms with Crippen LogP contribution in [0.5, 0.6) is 0 Å². The predicted octanol–water partition coefficient (Wildman–Crippen LogP) is 3.86. The minimum absolute atomic E-state index is 0.127. The number of halogens is 2. The summed E-state index contributed by atoms with van der Waals surface area (Å²) in [5.74, 6) is -1.22. The first kappa shape index (κ1) is 17.1. The molecular weight excluding hydrogens is 377 g/mol. The van der Waals surface area contributed by atoms with E-state index < -0.39 is 5.97 Å². The van der Waals surface area contributed by atoms with E-state index in [0.29, 0.717) is 29.7 Å². The van der Waals surface area contributed by atoms with Crippen LogP contribution >= 0.6 is 15.9 Å². The van der Waals surface area contributed by atoms with Gasteiger partial charge in [-0.15, -0.1) is 0 Å². The van der Waals surface area contributed by atoms with Crippen LogP contribution in [0.1, 0.15) is 27.6 Å². The first-order valence-electron chi connectivity index (χ1n) is 7.64. The zero-order valence-electron chi connectivity index (χ0n) is 12.9. The SMILES string of the molecule is O=C(O)c1cccc(CN2CCOC(c3ccc(F)c(Br)c3)C2)c1. The molecular formula is C18H17BrFNO3. The van der Waals surface area contributed by atoms with E-state index >= 15 is 0 Å². The van der Waals surface area contributed by atoms with E-state index in [1.165, 1.54) is 6.07 Å². The molecule has 3 rings (SSSR count). The maximum Gasteiger partial charge on any atom is 0.335 e. The van der Waals surface area contributed by atoms with Crippen molar-refractivity contribution in [3.05, 3.63) is 69.4 Å². The lowest BCUT2D eigenvalue weighted by Crippen LogP contribution is -2.37. The van der Waals surface area contributed by atoms with Gasteiger partial charge in [0.2, 0.25) is 0 Å². The molecule has 0 bridgehead atoms. The van der Waals surface area contributed by atoms with Crippen molar-refractivity contribution in [1.82, 2.24) is 4.90 Å². The zero-order chi connectivity index (χ0) is 17.1. The summed E-state index contributed by atoms with van der Waals surface area (Å²) in [5, 5.41) is 9.09. The van der Waals surface area contributed by atoms with Gasteiger partial charge in [-0.25, -0.2) is 9.18 Å². The normalized spacial score (nSPS) is 18.5. The molecule has 0 aliphatic carbocycles. The fraction of sp³-hybridized carbons (Fsp3) is 0.278. The van der Waals surface area contributed by atoms with Gasteiger partial charge in [0.15, 0.2) is 0 Å². The Bertz CT molecular complexity index is 753. The van der Waals surface area contributed by atoms with Crippen LogP contribution in [0.2, 0.25) is 0 Å². The summed E-state index contributed by atoms with van der Waals surface area (Å²) >= 11 is 3.20. The van der Waals surface area contributed by atoms with Crippen molar-refractivity contribution >= 4 is 21.9 Å². The Morgan fingerprint density at radius 2 is 2.17 bits per heavy atom. The molecule has 0 aromatic heterocycles. The quantitative estimate of drug-likeness (QED) is 0.856. The third-order valence-electron chi connectivity index (χ3n) is 4.05. The van der Waals surface area contributed by atoms with Crippen molar-refractivity contribution in [2.75, 3.05) is 19.7 Å². The Morgan fingerprint density at radius 3 is 2.92 bits per heavy atom. The number of rotatable bonds is 4. The summed E-state index contributed by atoms with van der Waals surface area (Å²) in [6.07, 6.45) is -0.127. The lowest BCUT2D eigenvalue weighted by Gasteiger charge is -2.33. The fourth-order valence-corrected chi connectivity index (χ4v) is 3.22. The number of hydrogen-bond donors (Lipinski definition) is 1. The number of ether oxygens (including phenoxy) is 1. The maximum atomic E-state index is 13.4. The standard InChI is InChI=1S/C18H17BrFNO3/c19-15-9-13(4-5-16(15)20)17-11-21(6-7-24-17)10-12-2-1-3-14(8-12)18(22)23/h1-5,8-9,17H,6-7,10-11H2,(H,22,23). The largest absolute Gasteiger partial charge is 0.478 e. The summed E-state index contributed by atoms with van der Waals surface area (Å²) in [4.78, 5) is 13.3. The van der Waals surface area contributed by atoms with Gasteiger partial charge in [0, 0.05) is 19.6 Å². The van der Waals surface area contributed by atoms with Gasteiger partial charge in [-0.05, 0) is 51.3 Å². The molecule has 0 radical (unpaired) electrons. The molecule has 1 aliphatic heterocycles. The number of hydrogen-bond acceptors (Lipinski definition) is 3. The van der Waals surface area contributed by atoms with Gasteiger partial charge in [0.1, 0.15) is 5.82 Å². The topological polar surface area (TPSA) is 49.8 Å². The Morgan fingerprint density at radius 1 is 1.33 bits per heavy atom. The number of aromatic carboxylic acids is 1. The zero-order valence-corrected chi connectivity index (χ0v) is 14.5. The molecule has 2 aromatic rings. The smallest absolute Gasteiger partial charge is 0.335 e. The minimum Gasteiger partial charge on any atom is -0.478 e. The second-order valence-electron chi connectivity index (χ2n) is 5.77. The molecule has 24 heavy (non-hydrogen) atoms. The van der Waals surface area contributed by atoms with Crippen LogP contribution in [0.25, 0.3) is 0 Å². The molecule has 6 heteroatoms. The van der Waals surface area contributed by atoms with Gasteiger partial charge in [0.05, 0.1) is 22.7 Å². The van der Waals surface area contributed by atoms with Crippen molar-refractivity contribution in [2.45, 2.75) is 12.6 Å². The molecule has 1 unspecified atom stereocenters. The Hall–Kier alpha value is -1.76. The van der Waals surface area contributed by atoms with Crippen LogP contribution in [-0.2, 0) is 11.3 Å². The van der Waals surface area contributed by atoms with Gasteiger partial charge in [0.25, 0.3) is 0 Å². The molecule has 1 saturated heterocycles. The molecule has 126 valence electrons. The third kappa shape index (κ3) is 4.01. The first-order chi connectivity index (χ1) is 11.5. The number of carbonyl (C=O) groups is 1. The number of carboxylic acid groups (broad SMARTS) is 1. The Balaban J connectivity index is 1.70. The molecule has 1 fully saturated rings. The molecule has 0 saturated carbocycles. The predicted molar refractivity (Wildman–Crippen MR) is 91.5 cm³/mol. The molecule has 1 N–H and O–H groups in total.